The van der Waals surface area contributed by atoms with E-state index in [2.05, 4.69) is 11.1 Å². The fourth-order valence-electron chi connectivity index (χ4n) is 1.68. The minimum absolute atomic E-state index is 0.404. The molecule has 0 N–H and O–H groups in total. The number of ether oxygens (including phenoxy) is 1. The van der Waals surface area contributed by atoms with Crippen LogP contribution in [0.25, 0.3) is 10.9 Å². The molecule has 0 saturated carbocycles. The molecule has 0 aliphatic carbocycles. The quantitative estimate of drug-likeness (QED) is 0.768. The molecule has 80 valence electrons. The monoisotopic (exact) mass is 212 g/mol. The van der Waals surface area contributed by atoms with E-state index in [1.54, 1.807) is 7.11 Å². The van der Waals surface area contributed by atoms with Crippen LogP contribution >= 0.6 is 0 Å². The Labute approximate surface area is 94.3 Å². The Morgan fingerprint density at radius 3 is 2.88 bits per heavy atom. The van der Waals surface area contributed by atoms with Gasteiger partial charge < -0.3 is 4.74 Å². The first-order chi connectivity index (χ1) is 7.74. The summed E-state index contributed by atoms with van der Waals surface area (Å²) in [6.07, 6.45) is 0.404. The Morgan fingerprint density at radius 1 is 1.38 bits per heavy atom. The molecule has 0 saturated heterocycles. The highest BCUT2D eigenvalue weighted by molar-refractivity contribution is 5.81. The summed E-state index contributed by atoms with van der Waals surface area (Å²) in [6, 6.07) is 9.92. The summed E-state index contributed by atoms with van der Waals surface area (Å²) in [5.41, 5.74) is 2.79. The van der Waals surface area contributed by atoms with E-state index in [0.29, 0.717) is 6.42 Å². The van der Waals surface area contributed by atoms with Gasteiger partial charge in [-0.1, -0.05) is 0 Å². The summed E-state index contributed by atoms with van der Waals surface area (Å²) in [7, 11) is 1.64. The average Bonchev–Trinajstić information content (AvgIpc) is 2.30. The molecule has 3 nitrogen and oxygen atoms in total. The van der Waals surface area contributed by atoms with Gasteiger partial charge in [0.25, 0.3) is 0 Å². The molecule has 16 heavy (non-hydrogen) atoms. The summed E-state index contributed by atoms with van der Waals surface area (Å²) in [6.45, 7) is 1.92. The zero-order valence-electron chi connectivity index (χ0n) is 9.32. The lowest BCUT2D eigenvalue weighted by molar-refractivity contribution is 0.415. The molecule has 0 atom stereocenters. The standard InChI is InChI=1S/C13H12N2O/c1-9-10(5-6-14)7-11-3-4-12(16-2)8-13(11)15-9/h3-4,7-8H,5H2,1-2H3. The highest BCUT2D eigenvalue weighted by Crippen LogP contribution is 2.21. The highest BCUT2D eigenvalue weighted by Gasteiger charge is 2.03. The first-order valence-corrected chi connectivity index (χ1v) is 5.06. The molecule has 2 rings (SSSR count). The number of fused-ring (bicyclic) bond motifs is 1. The van der Waals surface area contributed by atoms with Crippen LogP contribution in [0.15, 0.2) is 24.3 Å². The summed E-state index contributed by atoms with van der Waals surface area (Å²) >= 11 is 0. The van der Waals surface area contributed by atoms with Crippen molar-refractivity contribution in [3.8, 4) is 11.8 Å². The normalized spacial score (nSPS) is 10.1. The Balaban J connectivity index is 2.60. The first kappa shape index (κ1) is 10.4. The predicted molar refractivity (Wildman–Crippen MR) is 62.3 cm³/mol. The number of aryl methyl sites for hydroxylation is 1. The second-order valence-corrected chi connectivity index (χ2v) is 3.63. The zero-order chi connectivity index (χ0) is 11.5. The third-order valence-corrected chi connectivity index (χ3v) is 2.59. The van der Waals surface area contributed by atoms with E-state index >= 15 is 0 Å². The van der Waals surface area contributed by atoms with Crippen molar-refractivity contribution < 1.29 is 4.74 Å². The van der Waals surface area contributed by atoms with Gasteiger partial charge in [-0.3, -0.25) is 4.98 Å². The van der Waals surface area contributed by atoms with E-state index < -0.39 is 0 Å². The molecule has 0 aliphatic rings. The van der Waals surface area contributed by atoms with Gasteiger partial charge in [0.05, 0.1) is 25.1 Å². The molecule has 0 fully saturated rings. The van der Waals surface area contributed by atoms with Crippen LogP contribution in [0.5, 0.6) is 5.75 Å². The lowest BCUT2D eigenvalue weighted by Gasteiger charge is -2.06. The fourth-order valence-corrected chi connectivity index (χ4v) is 1.68. The fraction of sp³-hybridized carbons (Fsp3) is 0.231. The van der Waals surface area contributed by atoms with Crippen LogP contribution in [0.4, 0.5) is 0 Å². The first-order valence-electron chi connectivity index (χ1n) is 5.06. The minimum Gasteiger partial charge on any atom is -0.497 e. The van der Waals surface area contributed by atoms with Crippen LogP contribution in [0.3, 0.4) is 0 Å². The topological polar surface area (TPSA) is 45.9 Å². The van der Waals surface area contributed by atoms with Crippen LogP contribution < -0.4 is 4.74 Å². The molecule has 1 aromatic heterocycles. The molecule has 0 unspecified atom stereocenters. The molecule has 0 spiro atoms. The number of rotatable bonds is 2. The van der Waals surface area contributed by atoms with Crippen LogP contribution in [-0.2, 0) is 6.42 Å². The van der Waals surface area contributed by atoms with E-state index in [0.717, 1.165) is 27.9 Å². The van der Waals surface area contributed by atoms with Gasteiger partial charge in [-0.15, -0.1) is 0 Å². The number of hydrogen-bond acceptors (Lipinski definition) is 3. The van der Waals surface area contributed by atoms with Crippen LogP contribution in [0, 0.1) is 18.3 Å². The molecule has 0 radical (unpaired) electrons. The lowest BCUT2D eigenvalue weighted by atomic mass is 10.1. The Kier molecular flexibility index (Phi) is 2.74. The molecular weight excluding hydrogens is 200 g/mol. The smallest absolute Gasteiger partial charge is 0.121 e. The Hall–Kier alpha value is -2.08. The Bertz CT molecular complexity index is 570. The largest absolute Gasteiger partial charge is 0.497 e. The van der Waals surface area contributed by atoms with Crippen molar-refractivity contribution in [2.45, 2.75) is 13.3 Å². The minimum atomic E-state index is 0.404. The molecule has 1 aromatic carbocycles. The van der Waals surface area contributed by atoms with Crippen molar-refractivity contribution in [1.82, 2.24) is 4.98 Å². The summed E-state index contributed by atoms with van der Waals surface area (Å²) in [5.74, 6) is 0.799. The SMILES string of the molecule is COc1ccc2cc(CC#N)c(C)nc2c1. The zero-order valence-corrected chi connectivity index (χ0v) is 9.32. The molecule has 3 heteroatoms. The highest BCUT2D eigenvalue weighted by atomic mass is 16.5. The second kappa shape index (κ2) is 4.19. The van der Waals surface area contributed by atoms with Crippen molar-refractivity contribution in [3.63, 3.8) is 0 Å². The van der Waals surface area contributed by atoms with Crippen molar-refractivity contribution in [3.05, 3.63) is 35.5 Å². The molecule has 0 amide bonds. The van der Waals surface area contributed by atoms with E-state index in [9.17, 15) is 0 Å². The summed E-state index contributed by atoms with van der Waals surface area (Å²) in [5, 5.41) is 9.74. The molecule has 2 aromatic rings. The maximum absolute atomic E-state index is 8.70. The second-order valence-electron chi connectivity index (χ2n) is 3.63. The van der Waals surface area contributed by atoms with Crippen LogP contribution in [0.1, 0.15) is 11.3 Å². The van der Waals surface area contributed by atoms with Gasteiger partial charge in [0, 0.05) is 17.1 Å². The third kappa shape index (κ3) is 1.82. The van der Waals surface area contributed by atoms with E-state index in [1.807, 2.05) is 31.2 Å². The van der Waals surface area contributed by atoms with Crippen LogP contribution in [0.2, 0.25) is 0 Å². The lowest BCUT2D eigenvalue weighted by Crippen LogP contribution is -1.93. The number of aromatic nitrogens is 1. The van der Waals surface area contributed by atoms with E-state index in [1.165, 1.54) is 0 Å². The molecule has 0 aliphatic heterocycles. The number of hydrogen-bond donors (Lipinski definition) is 0. The summed E-state index contributed by atoms with van der Waals surface area (Å²) < 4.78 is 5.15. The maximum atomic E-state index is 8.70. The molecule has 0 bridgehead atoms. The molecule has 1 heterocycles. The number of benzene rings is 1. The van der Waals surface area contributed by atoms with Gasteiger partial charge in [-0.25, -0.2) is 0 Å². The van der Waals surface area contributed by atoms with Crippen molar-refractivity contribution in [2.24, 2.45) is 0 Å². The number of methoxy groups -OCH3 is 1. The number of pyridine rings is 1. The van der Waals surface area contributed by atoms with Crippen molar-refractivity contribution in [1.29, 1.82) is 5.26 Å². The van der Waals surface area contributed by atoms with Gasteiger partial charge in [-0.2, -0.15) is 5.26 Å². The van der Waals surface area contributed by atoms with Gasteiger partial charge in [0.2, 0.25) is 0 Å². The van der Waals surface area contributed by atoms with Crippen molar-refractivity contribution in [2.75, 3.05) is 7.11 Å². The van der Waals surface area contributed by atoms with Crippen molar-refractivity contribution >= 4 is 10.9 Å². The summed E-state index contributed by atoms with van der Waals surface area (Å²) in [4.78, 5) is 4.47. The number of nitrogens with zero attached hydrogens (tertiary/aromatic N) is 2. The molecular formula is C13H12N2O. The van der Waals surface area contributed by atoms with Gasteiger partial charge in [0.1, 0.15) is 5.75 Å². The van der Waals surface area contributed by atoms with Gasteiger partial charge >= 0.3 is 0 Å². The van der Waals surface area contributed by atoms with Gasteiger partial charge in [0.15, 0.2) is 0 Å². The predicted octanol–water partition coefficient (Wildman–Crippen LogP) is 2.62. The Morgan fingerprint density at radius 2 is 2.19 bits per heavy atom. The number of nitriles is 1. The van der Waals surface area contributed by atoms with Crippen LogP contribution in [-0.4, -0.2) is 12.1 Å². The van der Waals surface area contributed by atoms with E-state index in [-0.39, 0.29) is 0 Å². The van der Waals surface area contributed by atoms with E-state index in [4.69, 9.17) is 10.00 Å². The maximum Gasteiger partial charge on any atom is 0.121 e. The average molecular weight is 212 g/mol. The third-order valence-electron chi connectivity index (χ3n) is 2.59. The van der Waals surface area contributed by atoms with Gasteiger partial charge in [-0.05, 0) is 30.7 Å².